The number of hydrogen-bond donors (Lipinski definition) is 1. The molecule has 0 amide bonds. The molecule has 0 spiro atoms. The lowest BCUT2D eigenvalue weighted by Gasteiger charge is -2.03. The van der Waals surface area contributed by atoms with Crippen LogP contribution >= 0.6 is 0 Å². The minimum atomic E-state index is -1.05. The van der Waals surface area contributed by atoms with Gasteiger partial charge in [0.1, 0.15) is 6.61 Å². The maximum Gasteiger partial charge on any atom is 0.356 e. The summed E-state index contributed by atoms with van der Waals surface area (Å²) in [6.45, 7) is 5.50. The summed E-state index contributed by atoms with van der Waals surface area (Å²) >= 11 is 0. The van der Waals surface area contributed by atoms with Crippen LogP contribution in [0.15, 0.2) is 12.7 Å². The summed E-state index contributed by atoms with van der Waals surface area (Å²) in [5.74, 6) is -0.589. The van der Waals surface area contributed by atoms with E-state index in [4.69, 9.17) is 9.84 Å². The maximum atomic E-state index is 10.7. The summed E-state index contributed by atoms with van der Waals surface area (Å²) in [5, 5.41) is 12.6. The predicted octanol–water partition coefficient (Wildman–Crippen LogP) is 0.992. The number of ether oxygens (including phenoxy) is 1. The van der Waals surface area contributed by atoms with Crippen LogP contribution < -0.4 is 4.74 Å². The Labute approximate surface area is 81.6 Å². The zero-order chi connectivity index (χ0) is 10.7. The minimum absolute atomic E-state index is 0.0200. The second kappa shape index (κ2) is 3.95. The summed E-state index contributed by atoms with van der Waals surface area (Å²) in [7, 11) is 1.64. The van der Waals surface area contributed by atoms with Crippen molar-refractivity contribution >= 4 is 5.97 Å². The first-order valence-corrected chi connectivity index (χ1v) is 4.08. The van der Waals surface area contributed by atoms with Gasteiger partial charge in [0.15, 0.2) is 5.69 Å². The summed E-state index contributed by atoms with van der Waals surface area (Å²) in [6.07, 6.45) is 1.59. The van der Waals surface area contributed by atoms with Crippen molar-refractivity contribution in [3.8, 4) is 5.88 Å². The summed E-state index contributed by atoms with van der Waals surface area (Å²) < 4.78 is 6.67. The van der Waals surface area contributed by atoms with Crippen molar-refractivity contribution in [2.45, 2.75) is 6.92 Å². The van der Waals surface area contributed by atoms with Gasteiger partial charge in [0.2, 0.25) is 5.88 Å². The van der Waals surface area contributed by atoms with E-state index in [1.54, 1.807) is 20.0 Å². The van der Waals surface area contributed by atoms with E-state index in [2.05, 4.69) is 11.7 Å². The van der Waals surface area contributed by atoms with Gasteiger partial charge in [0.05, 0.1) is 0 Å². The third kappa shape index (κ3) is 1.76. The van der Waals surface area contributed by atoms with Gasteiger partial charge in [-0.3, -0.25) is 0 Å². The normalized spacial score (nSPS) is 9.86. The van der Waals surface area contributed by atoms with Crippen LogP contribution in [0.1, 0.15) is 16.1 Å². The first-order chi connectivity index (χ1) is 6.57. The van der Waals surface area contributed by atoms with Gasteiger partial charge >= 0.3 is 5.97 Å². The molecule has 0 atom stereocenters. The average Bonchev–Trinajstić information content (AvgIpc) is 2.40. The van der Waals surface area contributed by atoms with Crippen molar-refractivity contribution in [3.05, 3.63) is 23.9 Å². The lowest BCUT2D eigenvalue weighted by Crippen LogP contribution is -2.01. The van der Waals surface area contributed by atoms with Gasteiger partial charge in [-0.2, -0.15) is 5.10 Å². The number of aromatic nitrogens is 2. The lowest BCUT2D eigenvalue weighted by molar-refractivity contribution is 0.0689. The Morgan fingerprint density at radius 3 is 2.86 bits per heavy atom. The summed E-state index contributed by atoms with van der Waals surface area (Å²) in [5.41, 5.74) is 0.549. The topological polar surface area (TPSA) is 64.3 Å². The fraction of sp³-hybridized carbons (Fsp3) is 0.333. The number of rotatable bonds is 4. The molecule has 0 aliphatic heterocycles. The van der Waals surface area contributed by atoms with E-state index in [-0.39, 0.29) is 5.69 Å². The molecule has 76 valence electrons. The third-order valence-electron chi connectivity index (χ3n) is 1.76. The zero-order valence-electron chi connectivity index (χ0n) is 8.15. The molecule has 1 aromatic heterocycles. The second-order valence-corrected chi connectivity index (χ2v) is 2.81. The van der Waals surface area contributed by atoms with Crippen LogP contribution in [0.5, 0.6) is 5.88 Å². The molecular formula is C9H12N2O3. The largest absolute Gasteiger partial charge is 0.476 e. The first-order valence-electron chi connectivity index (χ1n) is 4.08. The Hall–Kier alpha value is -1.78. The molecule has 0 aliphatic rings. The highest BCUT2D eigenvalue weighted by Crippen LogP contribution is 2.20. The number of carbonyl (C=O) groups is 1. The standard InChI is InChI=1S/C9H12N2O3/c1-4-5-14-8-6(2)7(9(12)13)10-11(8)3/h4H,1,5H2,2-3H3,(H,12,13). The number of aromatic carboxylic acids is 1. The van der Waals surface area contributed by atoms with E-state index in [1.165, 1.54) is 4.68 Å². The van der Waals surface area contributed by atoms with Crippen LogP contribution in [0.3, 0.4) is 0 Å². The Bertz CT molecular complexity index is 368. The van der Waals surface area contributed by atoms with E-state index in [0.29, 0.717) is 18.1 Å². The van der Waals surface area contributed by atoms with Crippen LogP contribution in [-0.4, -0.2) is 27.5 Å². The first kappa shape index (κ1) is 10.3. The molecule has 1 rings (SSSR count). The molecule has 0 saturated heterocycles. The van der Waals surface area contributed by atoms with Gasteiger partial charge in [0.25, 0.3) is 0 Å². The zero-order valence-corrected chi connectivity index (χ0v) is 8.15. The van der Waals surface area contributed by atoms with Crippen LogP contribution in [0.2, 0.25) is 0 Å². The van der Waals surface area contributed by atoms with Crippen molar-refractivity contribution in [1.29, 1.82) is 0 Å². The highest BCUT2D eigenvalue weighted by Gasteiger charge is 2.18. The highest BCUT2D eigenvalue weighted by molar-refractivity contribution is 5.87. The van der Waals surface area contributed by atoms with Crippen molar-refractivity contribution in [3.63, 3.8) is 0 Å². The number of aryl methyl sites for hydroxylation is 1. The maximum absolute atomic E-state index is 10.7. The Kier molecular flexibility index (Phi) is 2.91. The predicted molar refractivity (Wildman–Crippen MR) is 50.6 cm³/mol. The molecular weight excluding hydrogens is 184 g/mol. The Morgan fingerprint density at radius 2 is 2.43 bits per heavy atom. The second-order valence-electron chi connectivity index (χ2n) is 2.81. The van der Waals surface area contributed by atoms with E-state index < -0.39 is 5.97 Å². The summed E-state index contributed by atoms with van der Waals surface area (Å²) in [4.78, 5) is 10.7. The fourth-order valence-electron chi connectivity index (χ4n) is 1.16. The molecule has 14 heavy (non-hydrogen) atoms. The molecule has 0 saturated carbocycles. The van der Waals surface area contributed by atoms with Crippen molar-refractivity contribution in [2.24, 2.45) is 7.05 Å². The SMILES string of the molecule is C=CCOc1c(C)c(C(=O)O)nn1C. The molecule has 1 aromatic rings. The van der Waals surface area contributed by atoms with Crippen molar-refractivity contribution in [1.82, 2.24) is 9.78 Å². The molecule has 5 heteroatoms. The minimum Gasteiger partial charge on any atom is -0.476 e. The molecule has 0 bridgehead atoms. The molecule has 0 aliphatic carbocycles. The number of hydrogen-bond acceptors (Lipinski definition) is 3. The molecule has 0 fully saturated rings. The van der Waals surface area contributed by atoms with Gasteiger partial charge < -0.3 is 9.84 Å². The monoisotopic (exact) mass is 196 g/mol. The number of carboxylic acids is 1. The van der Waals surface area contributed by atoms with Gasteiger partial charge in [-0.1, -0.05) is 12.7 Å². The van der Waals surface area contributed by atoms with E-state index in [1.807, 2.05) is 0 Å². The molecule has 0 radical (unpaired) electrons. The molecule has 1 N–H and O–H groups in total. The quantitative estimate of drug-likeness (QED) is 0.729. The summed E-state index contributed by atoms with van der Waals surface area (Å²) in [6, 6.07) is 0. The van der Waals surface area contributed by atoms with Crippen molar-refractivity contribution < 1.29 is 14.6 Å². The van der Waals surface area contributed by atoms with Crippen LogP contribution in [0, 0.1) is 6.92 Å². The number of nitrogens with zero attached hydrogens (tertiary/aromatic N) is 2. The van der Waals surface area contributed by atoms with E-state index in [9.17, 15) is 4.79 Å². The fourth-order valence-corrected chi connectivity index (χ4v) is 1.16. The van der Waals surface area contributed by atoms with Gasteiger partial charge in [-0.05, 0) is 6.92 Å². The van der Waals surface area contributed by atoms with Crippen LogP contribution in [0.25, 0.3) is 0 Å². The van der Waals surface area contributed by atoms with Crippen molar-refractivity contribution in [2.75, 3.05) is 6.61 Å². The Morgan fingerprint density at radius 1 is 1.79 bits per heavy atom. The molecule has 1 heterocycles. The van der Waals surface area contributed by atoms with E-state index in [0.717, 1.165) is 0 Å². The Balaban J connectivity index is 3.04. The molecule has 5 nitrogen and oxygen atoms in total. The molecule has 0 unspecified atom stereocenters. The van der Waals surface area contributed by atoms with Gasteiger partial charge in [-0.15, -0.1) is 0 Å². The number of carboxylic acid groups (broad SMARTS) is 1. The smallest absolute Gasteiger partial charge is 0.356 e. The van der Waals surface area contributed by atoms with E-state index >= 15 is 0 Å². The highest BCUT2D eigenvalue weighted by atomic mass is 16.5. The van der Waals surface area contributed by atoms with Crippen LogP contribution in [0.4, 0.5) is 0 Å². The van der Waals surface area contributed by atoms with Gasteiger partial charge in [-0.25, -0.2) is 9.48 Å². The van der Waals surface area contributed by atoms with Crippen LogP contribution in [-0.2, 0) is 7.05 Å². The average molecular weight is 196 g/mol. The third-order valence-corrected chi connectivity index (χ3v) is 1.76. The molecule has 0 aromatic carbocycles. The van der Waals surface area contributed by atoms with Gasteiger partial charge in [0, 0.05) is 12.6 Å². The lowest BCUT2D eigenvalue weighted by atomic mass is 10.3.